The van der Waals surface area contributed by atoms with Crippen molar-refractivity contribution in [1.82, 2.24) is 9.80 Å². The average molecular weight is 491 g/mol. The predicted octanol–water partition coefficient (Wildman–Crippen LogP) is 5.23. The molecule has 1 N–H and O–H groups in total. The molecular weight excluding hydrogens is 452 g/mol. The molecule has 0 aliphatic carbocycles. The molecule has 0 saturated carbocycles. The maximum absolute atomic E-state index is 13.3. The van der Waals surface area contributed by atoms with Crippen molar-refractivity contribution in [3.63, 3.8) is 0 Å². The summed E-state index contributed by atoms with van der Waals surface area (Å²) in [5, 5.41) is 11.4. The first-order chi connectivity index (χ1) is 17.0. The first-order valence-corrected chi connectivity index (χ1v) is 12.3. The third kappa shape index (κ3) is 5.88. The lowest BCUT2D eigenvalue weighted by molar-refractivity contribution is -0.139. The Morgan fingerprint density at radius 3 is 2.36 bits per heavy atom. The zero-order valence-electron chi connectivity index (χ0n) is 22.3. The standard InChI is InChI=1S/C30H38N2O4/c1-8-18-36-23-14-15-24(20(2)19-23)27(33)25-26(21-10-12-22(13-11-21)30(3,4)5)32(29(35)28(25)34)17-9-16-31(6)7/h8,10-15,19,26,33H,1,9,16-18H2,2-7H3/t26-/m0/s1. The quantitative estimate of drug-likeness (QED) is 0.226. The molecule has 2 aromatic rings. The Labute approximate surface area is 214 Å². The van der Waals surface area contributed by atoms with Gasteiger partial charge in [0.05, 0.1) is 11.6 Å². The molecule has 1 atom stereocenters. The van der Waals surface area contributed by atoms with Gasteiger partial charge in [0.2, 0.25) is 0 Å². The molecule has 0 radical (unpaired) electrons. The highest BCUT2D eigenvalue weighted by molar-refractivity contribution is 6.46. The van der Waals surface area contributed by atoms with Crippen molar-refractivity contribution in [2.45, 2.75) is 45.6 Å². The Morgan fingerprint density at radius 1 is 1.14 bits per heavy atom. The predicted molar refractivity (Wildman–Crippen MR) is 144 cm³/mol. The molecule has 1 amide bonds. The third-order valence-corrected chi connectivity index (χ3v) is 6.46. The molecule has 6 nitrogen and oxygen atoms in total. The van der Waals surface area contributed by atoms with Crippen molar-refractivity contribution in [3.05, 3.63) is 82.9 Å². The smallest absolute Gasteiger partial charge is 0.295 e. The lowest BCUT2D eigenvalue weighted by Crippen LogP contribution is -2.32. The van der Waals surface area contributed by atoms with Gasteiger partial charge in [0.25, 0.3) is 11.7 Å². The SMILES string of the molecule is C=CCOc1ccc(C(O)=C2C(=O)C(=O)N(CCCN(C)C)[C@H]2c2ccc(C(C)(C)C)cc2)c(C)c1. The second-order valence-electron chi connectivity index (χ2n) is 10.6. The largest absolute Gasteiger partial charge is 0.507 e. The number of aryl methyl sites for hydroxylation is 1. The van der Waals surface area contributed by atoms with E-state index in [1.54, 1.807) is 29.2 Å². The summed E-state index contributed by atoms with van der Waals surface area (Å²) in [5.41, 5.74) is 3.30. The first-order valence-electron chi connectivity index (χ1n) is 12.3. The van der Waals surface area contributed by atoms with Gasteiger partial charge < -0.3 is 19.6 Å². The topological polar surface area (TPSA) is 70.1 Å². The van der Waals surface area contributed by atoms with E-state index in [4.69, 9.17) is 4.74 Å². The first kappa shape index (κ1) is 27.2. The fourth-order valence-corrected chi connectivity index (χ4v) is 4.47. The van der Waals surface area contributed by atoms with Crippen LogP contribution in [0.15, 0.2) is 60.7 Å². The normalized spacial score (nSPS) is 17.6. The highest BCUT2D eigenvalue weighted by Gasteiger charge is 2.46. The number of ketones is 1. The van der Waals surface area contributed by atoms with E-state index in [9.17, 15) is 14.7 Å². The summed E-state index contributed by atoms with van der Waals surface area (Å²) in [6.45, 7) is 13.5. The van der Waals surface area contributed by atoms with Crippen LogP contribution in [0, 0.1) is 6.92 Å². The maximum atomic E-state index is 13.3. The van der Waals surface area contributed by atoms with Gasteiger partial charge in [-0.3, -0.25) is 9.59 Å². The van der Waals surface area contributed by atoms with Crippen molar-refractivity contribution >= 4 is 17.4 Å². The molecule has 1 fully saturated rings. The van der Waals surface area contributed by atoms with Crippen molar-refractivity contribution in [1.29, 1.82) is 0 Å². The molecule has 0 spiro atoms. The number of amides is 1. The lowest BCUT2D eigenvalue weighted by atomic mass is 9.85. The van der Waals surface area contributed by atoms with Gasteiger partial charge in [-0.25, -0.2) is 0 Å². The van der Waals surface area contributed by atoms with Crippen LogP contribution < -0.4 is 4.74 Å². The van der Waals surface area contributed by atoms with Gasteiger partial charge in [-0.15, -0.1) is 0 Å². The Bertz CT molecular complexity index is 1160. The molecule has 36 heavy (non-hydrogen) atoms. The van der Waals surface area contributed by atoms with Crippen LogP contribution in [0.2, 0.25) is 0 Å². The van der Waals surface area contributed by atoms with E-state index in [0.717, 1.165) is 23.2 Å². The highest BCUT2D eigenvalue weighted by atomic mass is 16.5. The molecule has 0 aromatic heterocycles. The summed E-state index contributed by atoms with van der Waals surface area (Å²) in [7, 11) is 3.95. The van der Waals surface area contributed by atoms with Gasteiger partial charge in [0, 0.05) is 12.1 Å². The Hall–Kier alpha value is -3.38. The van der Waals surface area contributed by atoms with Gasteiger partial charge in [-0.2, -0.15) is 0 Å². The molecule has 0 bridgehead atoms. The molecular formula is C30H38N2O4. The van der Waals surface area contributed by atoms with Crippen LogP contribution in [-0.2, 0) is 15.0 Å². The van der Waals surface area contributed by atoms with Crippen LogP contribution in [-0.4, -0.2) is 60.4 Å². The molecule has 0 unspecified atom stereocenters. The maximum Gasteiger partial charge on any atom is 0.295 e. The number of aliphatic hydroxyl groups excluding tert-OH is 1. The van der Waals surface area contributed by atoms with Gasteiger partial charge in [-0.1, -0.05) is 57.7 Å². The second-order valence-corrected chi connectivity index (χ2v) is 10.6. The molecule has 1 aliphatic heterocycles. The van der Waals surface area contributed by atoms with Gasteiger partial charge in [0.15, 0.2) is 0 Å². The Morgan fingerprint density at radius 2 is 1.81 bits per heavy atom. The number of likely N-dealkylation sites (tertiary alicyclic amines) is 1. The van der Waals surface area contributed by atoms with Crippen LogP contribution in [0.4, 0.5) is 0 Å². The number of Topliss-reactive ketones (excluding diaryl/α,β-unsaturated/α-hetero) is 1. The second kappa shape index (κ2) is 11.1. The van der Waals surface area contributed by atoms with Crippen molar-refractivity contribution in [3.8, 4) is 5.75 Å². The number of aliphatic hydroxyl groups is 1. The number of nitrogens with zero attached hydrogens (tertiary/aromatic N) is 2. The molecule has 1 heterocycles. The van der Waals surface area contributed by atoms with Crippen LogP contribution in [0.1, 0.15) is 55.5 Å². The number of hydrogen-bond donors (Lipinski definition) is 1. The molecule has 2 aromatic carbocycles. The van der Waals surface area contributed by atoms with Crippen molar-refractivity contribution < 1.29 is 19.4 Å². The summed E-state index contributed by atoms with van der Waals surface area (Å²) in [6.07, 6.45) is 2.37. The number of benzene rings is 2. The Balaban J connectivity index is 2.10. The highest BCUT2D eigenvalue weighted by Crippen LogP contribution is 2.40. The summed E-state index contributed by atoms with van der Waals surface area (Å²) < 4.78 is 5.60. The summed E-state index contributed by atoms with van der Waals surface area (Å²) in [5.74, 6) is -0.763. The lowest BCUT2D eigenvalue weighted by Gasteiger charge is -2.27. The van der Waals surface area contributed by atoms with E-state index in [-0.39, 0.29) is 16.7 Å². The van der Waals surface area contributed by atoms with E-state index in [0.29, 0.717) is 30.9 Å². The summed E-state index contributed by atoms with van der Waals surface area (Å²) in [4.78, 5) is 30.1. The zero-order chi connectivity index (χ0) is 26.6. The average Bonchev–Trinajstić information content (AvgIpc) is 3.06. The zero-order valence-corrected chi connectivity index (χ0v) is 22.3. The van der Waals surface area contributed by atoms with Gasteiger partial charge in [0.1, 0.15) is 18.1 Å². The van der Waals surface area contributed by atoms with E-state index in [1.807, 2.05) is 50.2 Å². The van der Waals surface area contributed by atoms with Crippen LogP contribution >= 0.6 is 0 Å². The number of carbonyl (C=O) groups is 2. The third-order valence-electron chi connectivity index (χ3n) is 6.46. The van der Waals surface area contributed by atoms with Crippen LogP contribution in [0.3, 0.4) is 0 Å². The van der Waals surface area contributed by atoms with E-state index < -0.39 is 17.7 Å². The molecule has 192 valence electrons. The van der Waals surface area contributed by atoms with Gasteiger partial charge in [-0.05, 0) is 74.3 Å². The number of carbonyl (C=O) groups excluding carboxylic acids is 2. The summed E-state index contributed by atoms with van der Waals surface area (Å²) in [6, 6.07) is 12.6. The minimum atomic E-state index is -0.659. The van der Waals surface area contributed by atoms with Gasteiger partial charge >= 0.3 is 0 Å². The minimum Gasteiger partial charge on any atom is -0.507 e. The fraction of sp³-hybridized carbons (Fsp3) is 0.400. The van der Waals surface area contributed by atoms with Crippen LogP contribution in [0.25, 0.3) is 5.76 Å². The molecule has 6 heteroatoms. The number of hydrogen-bond acceptors (Lipinski definition) is 5. The van der Waals surface area contributed by atoms with E-state index in [1.165, 1.54) is 0 Å². The molecule has 3 rings (SSSR count). The molecule has 1 saturated heterocycles. The monoisotopic (exact) mass is 490 g/mol. The van der Waals surface area contributed by atoms with E-state index in [2.05, 4.69) is 27.4 Å². The Kier molecular flexibility index (Phi) is 8.41. The minimum absolute atomic E-state index is 0.0292. The fourth-order valence-electron chi connectivity index (χ4n) is 4.47. The van der Waals surface area contributed by atoms with Crippen molar-refractivity contribution in [2.24, 2.45) is 0 Å². The summed E-state index contributed by atoms with van der Waals surface area (Å²) >= 11 is 0. The van der Waals surface area contributed by atoms with Crippen LogP contribution in [0.5, 0.6) is 5.75 Å². The molecule has 1 aliphatic rings. The van der Waals surface area contributed by atoms with Crippen molar-refractivity contribution in [2.75, 3.05) is 33.8 Å². The van der Waals surface area contributed by atoms with E-state index >= 15 is 0 Å². The number of ether oxygens (including phenoxy) is 1. The number of rotatable bonds is 9.